The van der Waals surface area contributed by atoms with Crippen LogP contribution in [-0.2, 0) is 6.54 Å². The molecule has 3 rings (SSSR count). The van der Waals surface area contributed by atoms with E-state index in [1.54, 1.807) is 6.20 Å². The van der Waals surface area contributed by atoms with Crippen molar-refractivity contribution >= 4 is 11.6 Å². The number of piperazine rings is 1. The molecule has 4 heteroatoms. The highest BCUT2D eigenvalue weighted by atomic mass is 35.5. The summed E-state index contributed by atoms with van der Waals surface area (Å²) in [6.07, 6.45) is 5.94. The van der Waals surface area contributed by atoms with Crippen LogP contribution in [0.5, 0.6) is 0 Å². The molecule has 0 saturated carbocycles. The molecule has 0 amide bonds. The van der Waals surface area contributed by atoms with Gasteiger partial charge >= 0.3 is 0 Å². The van der Waals surface area contributed by atoms with Gasteiger partial charge in [0.1, 0.15) is 5.15 Å². The predicted octanol–water partition coefficient (Wildman–Crippen LogP) is 2.79. The monoisotopic (exact) mass is 279 g/mol. The summed E-state index contributed by atoms with van der Waals surface area (Å²) in [7, 11) is 0. The molecule has 3 heterocycles. The number of aromatic nitrogens is 1. The fourth-order valence-electron chi connectivity index (χ4n) is 3.41. The maximum Gasteiger partial charge on any atom is 0.129 e. The van der Waals surface area contributed by atoms with Crippen molar-refractivity contribution in [2.75, 3.05) is 19.6 Å². The first-order valence-electron chi connectivity index (χ1n) is 7.31. The van der Waals surface area contributed by atoms with Gasteiger partial charge in [0.25, 0.3) is 0 Å². The van der Waals surface area contributed by atoms with Gasteiger partial charge in [-0.1, -0.05) is 18.0 Å². The van der Waals surface area contributed by atoms with E-state index < -0.39 is 0 Å². The van der Waals surface area contributed by atoms with Crippen LogP contribution in [0.1, 0.15) is 31.7 Å². The number of nitrogens with zero attached hydrogens (tertiary/aromatic N) is 3. The Labute approximate surface area is 120 Å². The van der Waals surface area contributed by atoms with Gasteiger partial charge < -0.3 is 0 Å². The Morgan fingerprint density at radius 3 is 3.11 bits per heavy atom. The Morgan fingerprint density at radius 2 is 2.26 bits per heavy atom. The average molecular weight is 280 g/mol. The Morgan fingerprint density at radius 1 is 1.37 bits per heavy atom. The SMILES string of the molecule is CC1CN2CCCCC2CN1Cc1ccnc(Cl)c1. The van der Waals surface area contributed by atoms with E-state index in [0.29, 0.717) is 11.2 Å². The number of hydrogen-bond acceptors (Lipinski definition) is 3. The number of halogens is 1. The van der Waals surface area contributed by atoms with Gasteiger partial charge in [-0.25, -0.2) is 4.98 Å². The third-order valence-corrected chi connectivity index (χ3v) is 4.70. The lowest BCUT2D eigenvalue weighted by atomic mass is 9.97. The average Bonchev–Trinajstić information content (AvgIpc) is 2.40. The Bertz CT molecular complexity index is 437. The summed E-state index contributed by atoms with van der Waals surface area (Å²) in [5, 5.41) is 0.599. The fraction of sp³-hybridized carbons (Fsp3) is 0.667. The van der Waals surface area contributed by atoms with E-state index in [-0.39, 0.29) is 0 Å². The van der Waals surface area contributed by atoms with Crippen molar-refractivity contribution in [2.24, 2.45) is 0 Å². The third-order valence-electron chi connectivity index (χ3n) is 4.49. The molecule has 0 N–H and O–H groups in total. The van der Waals surface area contributed by atoms with E-state index >= 15 is 0 Å². The van der Waals surface area contributed by atoms with E-state index in [9.17, 15) is 0 Å². The largest absolute Gasteiger partial charge is 0.298 e. The van der Waals surface area contributed by atoms with Crippen molar-refractivity contribution in [3.8, 4) is 0 Å². The first-order chi connectivity index (χ1) is 9.22. The second-order valence-electron chi connectivity index (χ2n) is 5.91. The minimum absolute atomic E-state index is 0.599. The van der Waals surface area contributed by atoms with Gasteiger partial charge in [0.15, 0.2) is 0 Å². The molecule has 2 saturated heterocycles. The highest BCUT2D eigenvalue weighted by Crippen LogP contribution is 2.25. The number of rotatable bonds is 2. The van der Waals surface area contributed by atoms with E-state index in [2.05, 4.69) is 27.8 Å². The number of pyridine rings is 1. The Kier molecular flexibility index (Phi) is 4.06. The highest BCUT2D eigenvalue weighted by Gasteiger charge is 2.32. The summed E-state index contributed by atoms with van der Waals surface area (Å²) in [5.41, 5.74) is 1.27. The summed E-state index contributed by atoms with van der Waals surface area (Å²) in [6, 6.07) is 5.46. The molecule has 1 aromatic heterocycles. The molecule has 0 radical (unpaired) electrons. The zero-order valence-corrected chi connectivity index (χ0v) is 12.3. The highest BCUT2D eigenvalue weighted by molar-refractivity contribution is 6.29. The molecule has 19 heavy (non-hydrogen) atoms. The van der Waals surface area contributed by atoms with Crippen molar-refractivity contribution in [3.63, 3.8) is 0 Å². The Balaban J connectivity index is 1.67. The first kappa shape index (κ1) is 13.3. The van der Waals surface area contributed by atoms with Crippen LogP contribution >= 0.6 is 11.6 Å². The van der Waals surface area contributed by atoms with E-state index in [1.807, 2.05) is 6.07 Å². The van der Waals surface area contributed by atoms with Crippen LogP contribution in [0.2, 0.25) is 5.15 Å². The minimum Gasteiger partial charge on any atom is -0.298 e. The smallest absolute Gasteiger partial charge is 0.129 e. The zero-order valence-electron chi connectivity index (χ0n) is 11.6. The van der Waals surface area contributed by atoms with Crippen LogP contribution in [0.3, 0.4) is 0 Å². The van der Waals surface area contributed by atoms with Crippen molar-refractivity contribution in [1.29, 1.82) is 0 Å². The van der Waals surface area contributed by atoms with Crippen LogP contribution in [-0.4, -0.2) is 46.5 Å². The molecule has 2 unspecified atom stereocenters. The second-order valence-corrected chi connectivity index (χ2v) is 6.30. The molecule has 0 aliphatic carbocycles. The normalized spacial score (nSPS) is 29.2. The lowest BCUT2D eigenvalue weighted by molar-refractivity contribution is 0.0111. The minimum atomic E-state index is 0.599. The molecular weight excluding hydrogens is 258 g/mol. The number of fused-ring (bicyclic) bond motifs is 1. The summed E-state index contributed by atoms with van der Waals surface area (Å²) >= 11 is 5.97. The van der Waals surface area contributed by atoms with Gasteiger partial charge in [0, 0.05) is 37.9 Å². The molecule has 3 nitrogen and oxygen atoms in total. The third kappa shape index (κ3) is 3.10. The standard InChI is InChI=1S/C15H22ClN3/c1-12-9-18-7-3-2-4-14(18)11-19(12)10-13-5-6-17-15(16)8-13/h5-6,8,12,14H,2-4,7,9-11H2,1H3. The molecule has 104 valence electrons. The maximum absolute atomic E-state index is 5.97. The van der Waals surface area contributed by atoms with E-state index in [1.165, 1.54) is 44.5 Å². The van der Waals surface area contributed by atoms with E-state index in [4.69, 9.17) is 11.6 Å². The summed E-state index contributed by atoms with van der Waals surface area (Å²) in [5.74, 6) is 0. The summed E-state index contributed by atoms with van der Waals surface area (Å²) in [4.78, 5) is 9.34. The molecule has 2 atom stereocenters. The summed E-state index contributed by atoms with van der Waals surface area (Å²) in [6.45, 7) is 7.04. The molecule has 0 aromatic carbocycles. The maximum atomic E-state index is 5.97. The lowest BCUT2D eigenvalue weighted by Gasteiger charge is -2.47. The first-order valence-corrected chi connectivity index (χ1v) is 7.69. The van der Waals surface area contributed by atoms with Gasteiger partial charge in [0.2, 0.25) is 0 Å². The van der Waals surface area contributed by atoms with Crippen LogP contribution in [0.4, 0.5) is 0 Å². The fourth-order valence-corrected chi connectivity index (χ4v) is 3.60. The van der Waals surface area contributed by atoms with Crippen molar-refractivity contribution in [2.45, 2.75) is 44.8 Å². The number of hydrogen-bond donors (Lipinski definition) is 0. The number of piperidine rings is 1. The van der Waals surface area contributed by atoms with Crippen LogP contribution < -0.4 is 0 Å². The van der Waals surface area contributed by atoms with Crippen LogP contribution in [0.25, 0.3) is 0 Å². The van der Waals surface area contributed by atoms with Gasteiger partial charge in [-0.3, -0.25) is 9.80 Å². The van der Waals surface area contributed by atoms with Gasteiger partial charge in [0.05, 0.1) is 0 Å². The molecule has 2 fully saturated rings. The van der Waals surface area contributed by atoms with Gasteiger partial charge in [-0.15, -0.1) is 0 Å². The zero-order chi connectivity index (χ0) is 13.2. The van der Waals surface area contributed by atoms with Crippen molar-refractivity contribution < 1.29 is 0 Å². The predicted molar refractivity (Wildman–Crippen MR) is 78.3 cm³/mol. The molecule has 0 bridgehead atoms. The van der Waals surface area contributed by atoms with Gasteiger partial charge in [-0.05, 0) is 44.0 Å². The van der Waals surface area contributed by atoms with Crippen molar-refractivity contribution in [1.82, 2.24) is 14.8 Å². The van der Waals surface area contributed by atoms with Crippen LogP contribution in [0.15, 0.2) is 18.3 Å². The molecule has 2 aliphatic rings. The second kappa shape index (κ2) is 5.78. The van der Waals surface area contributed by atoms with Gasteiger partial charge in [-0.2, -0.15) is 0 Å². The summed E-state index contributed by atoms with van der Waals surface area (Å²) < 4.78 is 0. The molecule has 0 spiro atoms. The van der Waals surface area contributed by atoms with E-state index in [0.717, 1.165) is 12.6 Å². The van der Waals surface area contributed by atoms with Crippen LogP contribution in [0, 0.1) is 0 Å². The molecular formula is C15H22ClN3. The lowest BCUT2D eigenvalue weighted by Crippen LogP contribution is -2.58. The quantitative estimate of drug-likeness (QED) is 0.776. The van der Waals surface area contributed by atoms with Crippen molar-refractivity contribution in [3.05, 3.63) is 29.0 Å². The molecule has 2 aliphatic heterocycles. The Hall–Kier alpha value is -0.640. The molecule has 1 aromatic rings. The topological polar surface area (TPSA) is 19.4 Å².